The van der Waals surface area contributed by atoms with Gasteiger partial charge in [-0.3, -0.25) is 9.69 Å². The molecule has 3 heteroatoms. The molecule has 1 unspecified atom stereocenters. The van der Waals surface area contributed by atoms with E-state index in [1.807, 2.05) is 78.9 Å². The maximum absolute atomic E-state index is 13.4. The quantitative estimate of drug-likeness (QED) is 0.397. The highest BCUT2D eigenvalue weighted by Gasteiger charge is 2.28. The van der Waals surface area contributed by atoms with Crippen molar-refractivity contribution < 1.29 is 4.79 Å². The van der Waals surface area contributed by atoms with Crippen LogP contribution in [-0.2, 0) is 6.54 Å². The molecule has 132 valence electrons. The summed E-state index contributed by atoms with van der Waals surface area (Å²) in [6.07, 6.45) is 0. The fourth-order valence-corrected chi connectivity index (χ4v) is 3.37. The summed E-state index contributed by atoms with van der Waals surface area (Å²) in [5.74, 6) is 0.566. The predicted octanol–water partition coefficient (Wildman–Crippen LogP) is 5.35. The lowest BCUT2D eigenvalue weighted by molar-refractivity contribution is 0.0814. The molecule has 0 saturated heterocycles. The molecule has 0 aliphatic carbocycles. The van der Waals surface area contributed by atoms with E-state index in [2.05, 4.69) is 17.0 Å². The maximum Gasteiger partial charge on any atom is 0.184 e. The van der Waals surface area contributed by atoms with Crippen LogP contribution in [0.1, 0.15) is 27.5 Å². The van der Waals surface area contributed by atoms with Gasteiger partial charge in [0.1, 0.15) is 0 Å². The van der Waals surface area contributed by atoms with Crippen LogP contribution >= 0.6 is 11.6 Å². The molecule has 3 aromatic carbocycles. The second kappa shape index (κ2) is 9.33. The molecule has 0 bridgehead atoms. The lowest BCUT2D eigenvalue weighted by Crippen LogP contribution is -2.35. The molecule has 3 aromatic rings. The Kier molecular flexibility index (Phi) is 6.59. The first-order chi connectivity index (χ1) is 12.8. The number of carbonyl (C=O) groups excluding carboxylic acids is 1. The van der Waals surface area contributed by atoms with E-state index in [1.165, 1.54) is 5.56 Å². The Morgan fingerprint density at radius 2 is 1.35 bits per heavy atom. The van der Waals surface area contributed by atoms with E-state index in [0.29, 0.717) is 24.5 Å². The second-order valence-electron chi connectivity index (χ2n) is 6.19. The summed E-state index contributed by atoms with van der Waals surface area (Å²) < 4.78 is 0. The van der Waals surface area contributed by atoms with Gasteiger partial charge in [-0.1, -0.05) is 91.0 Å². The van der Waals surface area contributed by atoms with Crippen molar-refractivity contribution >= 4 is 17.4 Å². The van der Waals surface area contributed by atoms with Gasteiger partial charge in [-0.2, -0.15) is 0 Å². The summed E-state index contributed by atoms with van der Waals surface area (Å²) in [7, 11) is 0. The minimum Gasteiger partial charge on any atom is -0.292 e. The van der Waals surface area contributed by atoms with E-state index in [-0.39, 0.29) is 11.8 Å². The van der Waals surface area contributed by atoms with Crippen molar-refractivity contribution in [1.82, 2.24) is 4.90 Å². The number of nitrogens with zero attached hydrogens (tertiary/aromatic N) is 1. The summed E-state index contributed by atoms with van der Waals surface area (Å²) in [6, 6.07) is 29.2. The minimum atomic E-state index is -0.363. The smallest absolute Gasteiger partial charge is 0.184 e. The average Bonchev–Trinajstić information content (AvgIpc) is 2.70. The lowest BCUT2D eigenvalue weighted by Gasteiger charge is -2.31. The van der Waals surface area contributed by atoms with Crippen molar-refractivity contribution in [2.75, 3.05) is 12.4 Å². The number of halogens is 1. The number of ketones is 1. The van der Waals surface area contributed by atoms with Crippen LogP contribution in [0.5, 0.6) is 0 Å². The van der Waals surface area contributed by atoms with Gasteiger partial charge < -0.3 is 0 Å². The summed E-state index contributed by atoms with van der Waals surface area (Å²) in [5, 5.41) is 0. The SMILES string of the molecule is O=C(c1ccccc1)C(c1ccccc1)N(CCCl)Cc1ccccc1. The zero-order chi connectivity index (χ0) is 18.2. The third-order valence-corrected chi connectivity index (χ3v) is 4.56. The van der Waals surface area contributed by atoms with Crippen molar-refractivity contribution in [2.24, 2.45) is 0 Å². The van der Waals surface area contributed by atoms with Gasteiger partial charge in [-0.15, -0.1) is 11.6 Å². The molecule has 0 aromatic heterocycles. The van der Waals surface area contributed by atoms with Crippen molar-refractivity contribution in [3.8, 4) is 0 Å². The lowest BCUT2D eigenvalue weighted by atomic mass is 9.95. The van der Waals surface area contributed by atoms with Crippen LogP contribution in [0.3, 0.4) is 0 Å². The first kappa shape index (κ1) is 18.4. The van der Waals surface area contributed by atoms with Gasteiger partial charge in [-0.05, 0) is 11.1 Å². The maximum atomic E-state index is 13.4. The van der Waals surface area contributed by atoms with Crippen LogP contribution in [0.25, 0.3) is 0 Å². The van der Waals surface area contributed by atoms with Crippen molar-refractivity contribution in [2.45, 2.75) is 12.6 Å². The molecule has 26 heavy (non-hydrogen) atoms. The first-order valence-electron chi connectivity index (χ1n) is 8.77. The van der Waals surface area contributed by atoms with Gasteiger partial charge >= 0.3 is 0 Å². The molecule has 0 fully saturated rings. The highest BCUT2D eigenvalue weighted by Crippen LogP contribution is 2.27. The normalized spacial score (nSPS) is 12.1. The van der Waals surface area contributed by atoms with E-state index in [9.17, 15) is 4.79 Å². The molecule has 0 saturated carbocycles. The number of benzene rings is 3. The Morgan fingerprint density at radius 3 is 1.92 bits per heavy atom. The standard InChI is InChI=1S/C23H22ClNO/c24-16-17-25(18-19-10-4-1-5-11-19)22(20-12-6-2-7-13-20)23(26)21-14-8-3-9-15-21/h1-15,22H,16-18H2. The molecule has 0 aliphatic heterocycles. The van der Waals surface area contributed by atoms with Gasteiger partial charge in [0.15, 0.2) is 5.78 Å². The van der Waals surface area contributed by atoms with Gasteiger partial charge in [0.25, 0.3) is 0 Å². The highest BCUT2D eigenvalue weighted by atomic mass is 35.5. The molecule has 1 atom stereocenters. The van der Waals surface area contributed by atoms with Crippen LogP contribution in [0.4, 0.5) is 0 Å². The third-order valence-electron chi connectivity index (χ3n) is 4.39. The molecule has 0 heterocycles. The fraction of sp³-hybridized carbons (Fsp3) is 0.174. The number of hydrogen-bond acceptors (Lipinski definition) is 2. The molecule has 0 amide bonds. The number of hydrogen-bond donors (Lipinski definition) is 0. The van der Waals surface area contributed by atoms with Crippen LogP contribution in [0.15, 0.2) is 91.0 Å². The zero-order valence-electron chi connectivity index (χ0n) is 14.6. The monoisotopic (exact) mass is 363 g/mol. The number of rotatable bonds is 8. The number of Topliss-reactive ketones (excluding diaryl/α,β-unsaturated/α-hetero) is 1. The molecule has 3 rings (SSSR count). The van der Waals surface area contributed by atoms with Crippen molar-refractivity contribution in [3.63, 3.8) is 0 Å². The summed E-state index contributed by atoms with van der Waals surface area (Å²) >= 11 is 6.09. The van der Waals surface area contributed by atoms with Crippen LogP contribution in [0, 0.1) is 0 Å². The second-order valence-corrected chi connectivity index (χ2v) is 6.57. The largest absolute Gasteiger partial charge is 0.292 e. The minimum absolute atomic E-state index is 0.0952. The third kappa shape index (κ3) is 4.60. The van der Waals surface area contributed by atoms with E-state index < -0.39 is 0 Å². The predicted molar refractivity (Wildman–Crippen MR) is 108 cm³/mol. The Hall–Kier alpha value is -2.42. The average molecular weight is 364 g/mol. The Bertz CT molecular complexity index is 805. The summed E-state index contributed by atoms with van der Waals surface area (Å²) in [6.45, 7) is 1.31. The number of alkyl halides is 1. The molecule has 0 N–H and O–H groups in total. The molecule has 0 spiro atoms. The van der Waals surface area contributed by atoms with E-state index >= 15 is 0 Å². The Balaban J connectivity index is 1.98. The van der Waals surface area contributed by atoms with Gasteiger partial charge in [-0.25, -0.2) is 0 Å². The zero-order valence-corrected chi connectivity index (χ0v) is 15.3. The van der Waals surface area contributed by atoms with Crippen LogP contribution in [-0.4, -0.2) is 23.1 Å². The molecular formula is C23H22ClNO. The van der Waals surface area contributed by atoms with Crippen LogP contribution in [0.2, 0.25) is 0 Å². The van der Waals surface area contributed by atoms with Gasteiger partial charge in [0.05, 0.1) is 6.04 Å². The summed E-state index contributed by atoms with van der Waals surface area (Å²) in [5.41, 5.74) is 2.87. The van der Waals surface area contributed by atoms with Crippen molar-refractivity contribution in [3.05, 3.63) is 108 Å². The molecule has 0 radical (unpaired) electrons. The molecule has 2 nitrogen and oxygen atoms in total. The van der Waals surface area contributed by atoms with Gasteiger partial charge in [0, 0.05) is 24.5 Å². The first-order valence-corrected chi connectivity index (χ1v) is 9.31. The molecular weight excluding hydrogens is 342 g/mol. The Morgan fingerprint density at radius 1 is 0.808 bits per heavy atom. The topological polar surface area (TPSA) is 20.3 Å². The molecule has 0 aliphatic rings. The van der Waals surface area contributed by atoms with E-state index in [4.69, 9.17) is 11.6 Å². The summed E-state index contributed by atoms with van der Waals surface area (Å²) in [4.78, 5) is 15.5. The fourth-order valence-electron chi connectivity index (χ4n) is 3.15. The van der Waals surface area contributed by atoms with Gasteiger partial charge in [0.2, 0.25) is 0 Å². The van der Waals surface area contributed by atoms with Crippen LogP contribution < -0.4 is 0 Å². The van der Waals surface area contributed by atoms with E-state index in [0.717, 1.165) is 5.56 Å². The highest BCUT2D eigenvalue weighted by molar-refractivity contribution is 6.18. The van der Waals surface area contributed by atoms with Crippen molar-refractivity contribution in [1.29, 1.82) is 0 Å². The van der Waals surface area contributed by atoms with E-state index in [1.54, 1.807) is 0 Å². The number of carbonyl (C=O) groups is 1. The Labute approximate surface area is 160 Å².